The summed E-state index contributed by atoms with van der Waals surface area (Å²) in [5, 5.41) is 0. The number of imidazole rings is 1. The first-order valence-corrected chi connectivity index (χ1v) is 10.6. The maximum atomic E-state index is 5.93. The molecule has 6 heteroatoms. The second-order valence-corrected chi connectivity index (χ2v) is 8.23. The molecule has 5 rings (SSSR count). The van der Waals surface area contributed by atoms with E-state index in [0.29, 0.717) is 5.65 Å². The molecule has 0 bridgehead atoms. The normalized spacial score (nSPS) is 13.7. The van der Waals surface area contributed by atoms with Crippen LogP contribution in [0.1, 0.15) is 17.5 Å². The van der Waals surface area contributed by atoms with Gasteiger partial charge in [-0.05, 0) is 63.8 Å². The molecule has 2 aromatic heterocycles. The summed E-state index contributed by atoms with van der Waals surface area (Å²) in [5.41, 5.74) is 5.56. The quantitative estimate of drug-likeness (QED) is 0.413. The van der Waals surface area contributed by atoms with Gasteiger partial charge < -0.3 is 9.72 Å². The summed E-state index contributed by atoms with van der Waals surface area (Å²) in [4.78, 5) is 14.7. The van der Waals surface area contributed by atoms with Crippen LogP contribution in [0, 0.1) is 0 Å². The molecule has 1 aliphatic rings. The number of hydrogen-bond acceptors (Lipinski definition) is 4. The molecule has 0 spiro atoms. The van der Waals surface area contributed by atoms with Gasteiger partial charge in [-0.2, -0.15) is 0 Å². The number of nitrogens with zero attached hydrogens (tertiary/aromatic N) is 3. The Bertz CT molecular complexity index is 1110. The smallest absolute Gasteiger partial charge is 0.178 e. The summed E-state index contributed by atoms with van der Waals surface area (Å²) < 4.78 is 6.86. The summed E-state index contributed by atoms with van der Waals surface area (Å²) >= 11 is 3.44. The molecule has 1 aliphatic heterocycles. The van der Waals surface area contributed by atoms with Crippen LogP contribution in [-0.2, 0) is 13.1 Å². The molecule has 0 amide bonds. The maximum Gasteiger partial charge on any atom is 0.178 e. The SMILES string of the molecule is Brc1cnc2nc(-c3ccc(OCCCN4Cc5ccccc5C4)cc3)[nH]c2c1. The first-order chi connectivity index (χ1) is 14.2. The third-order valence-electron chi connectivity index (χ3n) is 5.23. The van der Waals surface area contributed by atoms with Gasteiger partial charge in [0.05, 0.1) is 12.1 Å². The van der Waals surface area contributed by atoms with Crippen LogP contribution in [0.3, 0.4) is 0 Å². The number of hydrogen-bond donors (Lipinski definition) is 1. The Labute approximate surface area is 177 Å². The maximum absolute atomic E-state index is 5.93. The number of rotatable bonds is 6. The zero-order valence-corrected chi connectivity index (χ0v) is 17.5. The number of fused-ring (bicyclic) bond motifs is 2. The summed E-state index contributed by atoms with van der Waals surface area (Å²) in [6.07, 6.45) is 2.77. The van der Waals surface area contributed by atoms with Gasteiger partial charge in [0, 0.05) is 35.9 Å². The van der Waals surface area contributed by atoms with Crippen molar-refractivity contribution in [3.63, 3.8) is 0 Å². The molecule has 0 fully saturated rings. The van der Waals surface area contributed by atoms with Crippen LogP contribution in [0.15, 0.2) is 65.3 Å². The Morgan fingerprint density at radius 3 is 2.55 bits per heavy atom. The lowest BCUT2D eigenvalue weighted by Gasteiger charge is -2.14. The Balaban J connectivity index is 1.14. The van der Waals surface area contributed by atoms with E-state index < -0.39 is 0 Å². The minimum Gasteiger partial charge on any atom is -0.494 e. The number of aromatic amines is 1. The van der Waals surface area contributed by atoms with Crippen molar-refractivity contribution in [1.29, 1.82) is 0 Å². The summed E-state index contributed by atoms with van der Waals surface area (Å²) in [6, 6.07) is 18.7. The number of benzene rings is 2. The fourth-order valence-electron chi connectivity index (χ4n) is 3.76. The first kappa shape index (κ1) is 18.3. The largest absolute Gasteiger partial charge is 0.494 e. The highest BCUT2D eigenvalue weighted by molar-refractivity contribution is 9.10. The lowest BCUT2D eigenvalue weighted by molar-refractivity contribution is 0.238. The molecule has 0 aliphatic carbocycles. The first-order valence-electron chi connectivity index (χ1n) is 9.78. The molecule has 2 aromatic carbocycles. The molecule has 29 heavy (non-hydrogen) atoms. The summed E-state index contributed by atoms with van der Waals surface area (Å²) in [6.45, 7) is 3.87. The molecule has 0 unspecified atom stereocenters. The van der Waals surface area contributed by atoms with Gasteiger partial charge in [-0.3, -0.25) is 4.90 Å². The number of ether oxygens (including phenoxy) is 1. The van der Waals surface area contributed by atoms with Crippen LogP contribution in [0.25, 0.3) is 22.6 Å². The zero-order chi connectivity index (χ0) is 19.6. The van der Waals surface area contributed by atoms with Crippen LogP contribution < -0.4 is 4.74 Å². The second-order valence-electron chi connectivity index (χ2n) is 7.32. The van der Waals surface area contributed by atoms with E-state index in [9.17, 15) is 0 Å². The Morgan fingerprint density at radius 1 is 1.03 bits per heavy atom. The van der Waals surface area contributed by atoms with E-state index in [2.05, 4.69) is 60.0 Å². The van der Waals surface area contributed by atoms with Gasteiger partial charge in [0.2, 0.25) is 0 Å². The highest BCUT2D eigenvalue weighted by Crippen LogP contribution is 2.24. The predicted molar refractivity (Wildman–Crippen MR) is 118 cm³/mol. The highest BCUT2D eigenvalue weighted by Gasteiger charge is 2.17. The third-order valence-corrected chi connectivity index (χ3v) is 5.66. The van der Waals surface area contributed by atoms with Gasteiger partial charge in [0.1, 0.15) is 11.6 Å². The fourth-order valence-corrected chi connectivity index (χ4v) is 4.09. The molecule has 146 valence electrons. The minimum absolute atomic E-state index is 0.715. The van der Waals surface area contributed by atoms with Crippen LogP contribution in [0.5, 0.6) is 5.75 Å². The number of halogens is 1. The van der Waals surface area contributed by atoms with Gasteiger partial charge in [-0.15, -0.1) is 0 Å². The van der Waals surface area contributed by atoms with Gasteiger partial charge in [0.15, 0.2) is 5.65 Å². The van der Waals surface area contributed by atoms with E-state index >= 15 is 0 Å². The molecule has 4 aromatic rings. The van der Waals surface area contributed by atoms with E-state index in [1.807, 2.05) is 30.3 Å². The van der Waals surface area contributed by atoms with E-state index in [0.717, 1.165) is 59.8 Å². The van der Waals surface area contributed by atoms with E-state index in [4.69, 9.17) is 4.74 Å². The lowest BCUT2D eigenvalue weighted by atomic mass is 10.1. The van der Waals surface area contributed by atoms with Gasteiger partial charge in [-0.1, -0.05) is 24.3 Å². The summed E-state index contributed by atoms with van der Waals surface area (Å²) in [7, 11) is 0. The third kappa shape index (κ3) is 4.04. The van der Waals surface area contributed by atoms with Crippen molar-refractivity contribution in [2.45, 2.75) is 19.5 Å². The van der Waals surface area contributed by atoms with Crippen molar-refractivity contribution in [3.05, 3.63) is 76.4 Å². The van der Waals surface area contributed by atoms with Crippen molar-refractivity contribution in [2.75, 3.05) is 13.2 Å². The van der Waals surface area contributed by atoms with Crippen LogP contribution in [0.2, 0.25) is 0 Å². The Kier molecular flexibility index (Phi) is 5.04. The zero-order valence-electron chi connectivity index (χ0n) is 15.9. The van der Waals surface area contributed by atoms with Crippen LogP contribution >= 0.6 is 15.9 Å². The molecule has 5 nitrogen and oxygen atoms in total. The highest BCUT2D eigenvalue weighted by atomic mass is 79.9. The van der Waals surface area contributed by atoms with E-state index in [1.54, 1.807) is 6.20 Å². The second kappa shape index (κ2) is 7.97. The molecule has 0 saturated carbocycles. The Hall–Kier alpha value is -2.70. The monoisotopic (exact) mass is 448 g/mol. The molecule has 0 atom stereocenters. The molecule has 1 N–H and O–H groups in total. The van der Waals surface area contributed by atoms with Crippen molar-refractivity contribution >= 4 is 27.1 Å². The van der Waals surface area contributed by atoms with Gasteiger partial charge in [0.25, 0.3) is 0 Å². The molecule has 0 saturated heterocycles. The number of pyridine rings is 1. The van der Waals surface area contributed by atoms with Gasteiger partial charge in [-0.25, -0.2) is 9.97 Å². The van der Waals surface area contributed by atoms with Crippen molar-refractivity contribution in [3.8, 4) is 17.1 Å². The molecule has 0 radical (unpaired) electrons. The lowest BCUT2D eigenvalue weighted by Crippen LogP contribution is -2.19. The summed E-state index contributed by atoms with van der Waals surface area (Å²) in [5.74, 6) is 1.70. The van der Waals surface area contributed by atoms with Crippen molar-refractivity contribution in [1.82, 2.24) is 19.9 Å². The van der Waals surface area contributed by atoms with Crippen molar-refractivity contribution < 1.29 is 4.74 Å². The predicted octanol–water partition coefficient (Wildman–Crippen LogP) is 5.17. The topological polar surface area (TPSA) is 54.0 Å². The number of nitrogens with one attached hydrogen (secondary N) is 1. The fraction of sp³-hybridized carbons (Fsp3) is 0.217. The van der Waals surface area contributed by atoms with E-state index in [1.165, 1.54) is 11.1 Å². The molecular weight excluding hydrogens is 428 g/mol. The minimum atomic E-state index is 0.715. The number of H-pyrrole nitrogens is 1. The van der Waals surface area contributed by atoms with Crippen molar-refractivity contribution in [2.24, 2.45) is 0 Å². The van der Waals surface area contributed by atoms with Crippen LogP contribution in [-0.4, -0.2) is 33.0 Å². The molecular formula is C23H21BrN4O. The van der Waals surface area contributed by atoms with Gasteiger partial charge >= 0.3 is 0 Å². The number of aromatic nitrogens is 3. The standard InChI is InChI=1S/C23H21BrN4O/c24-19-12-21-23(25-13-19)27-22(26-21)16-6-8-20(9-7-16)29-11-3-10-28-14-17-4-1-2-5-18(17)15-28/h1-2,4-9,12-13H,3,10-11,14-15H2,(H,25,26,27). The average Bonchev–Trinajstić information content (AvgIpc) is 3.35. The van der Waals surface area contributed by atoms with E-state index in [-0.39, 0.29) is 0 Å². The Morgan fingerprint density at radius 2 is 1.79 bits per heavy atom. The average molecular weight is 449 g/mol. The molecule has 3 heterocycles. The van der Waals surface area contributed by atoms with Crippen LogP contribution in [0.4, 0.5) is 0 Å².